The summed E-state index contributed by atoms with van der Waals surface area (Å²) < 4.78 is 34.9. The van der Waals surface area contributed by atoms with E-state index in [-0.39, 0.29) is 53.5 Å². The van der Waals surface area contributed by atoms with Crippen LogP contribution in [-0.4, -0.2) is 164 Å². The maximum Gasteiger partial charge on any atom is 0.254 e. The van der Waals surface area contributed by atoms with Crippen molar-refractivity contribution in [2.75, 3.05) is 68.5 Å². The highest BCUT2D eigenvalue weighted by Crippen LogP contribution is 2.38. The first kappa shape index (κ1) is 56.2. The summed E-state index contributed by atoms with van der Waals surface area (Å²) in [5.41, 5.74) is 3.95. The zero-order valence-corrected chi connectivity index (χ0v) is 47.0. The first-order valence-electron chi connectivity index (χ1n) is 27.1. The number of H-pyrrole nitrogens is 1. The normalized spacial score (nSPS) is 18.3. The van der Waals surface area contributed by atoms with E-state index in [0.717, 1.165) is 49.0 Å². The van der Waals surface area contributed by atoms with Gasteiger partial charge in [-0.3, -0.25) is 29.2 Å². The number of likely N-dealkylation sites (tertiary alicyclic amines) is 1. The topological polar surface area (TPSA) is 280 Å². The van der Waals surface area contributed by atoms with Crippen molar-refractivity contribution in [3.8, 4) is 11.4 Å². The van der Waals surface area contributed by atoms with Crippen molar-refractivity contribution in [1.29, 1.82) is 0 Å². The molecule has 0 bridgehead atoms. The molecule has 2 aromatic carbocycles. The first-order chi connectivity index (χ1) is 37.8. The molecule has 1 unspecified atom stereocenters. The molecule has 4 amide bonds. The number of benzene rings is 2. The van der Waals surface area contributed by atoms with Gasteiger partial charge in [0.25, 0.3) is 5.91 Å². The fourth-order valence-corrected chi connectivity index (χ4v) is 11.6. The Bertz CT molecular complexity index is 3280. The number of rotatable bonds is 18. The van der Waals surface area contributed by atoms with E-state index in [1.165, 1.54) is 23.6 Å². The van der Waals surface area contributed by atoms with E-state index in [1.54, 1.807) is 57.6 Å². The summed E-state index contributed by atoms with van der Waals surface area (Å²) in [7, 11) is -2.19. The highest BCUT2D eigenvalue weighted by Gasteiger charge is 2.45. The van der Waals surface area contributed by atoms with Crippen LogP contribution in [0.5, 0.6) is 5.75 Å². The number of likely N-dealkylation sites (N-methyl/N-ethyl adjacent to an activating group) is 1. The number of aryl methyl sites for hydroxylation is 2. The van der Waals surface area contributed by atoms with Gasteiger partial charge in [0.1, 0.15) is 47.3 Å². The van der Waals surface area contributed by atoms with Crippen LogP contribution >= 0.6 is 0 Å². The van der Waals surface area contributed by atoms with Crippen molar-refractivity contribution < 1.29 is 32.3 Å². The minimum absolute atomic E-state index is 0.0359. The first-order valence-corrected chi connectivity index (χ1v) is 28.5. The van der Waals surface area contributed by atoms with Gasteiger partial charge in [-0.2, -0.15) is 10.2 Å². The lowest BCUT2D eigenvalue weighted by atomic mass is 9.83. The summed E-state index contributed by atoms with van der Waals surface area (Å²) in [4.78, 5) is 80.5. The number of anilines is 4. The van der Waals surface area contributed by atoms with Gasteiger partial charge in [0.15, 0.2) is 15.7 Å². The standard InChI is InChI=1S/C55H72N16O7S/c1-33-25-46(71(67-33)40-17-13-10-14-18-40)62-52(74)43-26-39(31-70(43)53(75)47(37-15-11-9-12-16-37)63-50(72)36(4)56-8)61-51(73)38-29-57-54(58-30-38)69-21-19-68(20-22-69)23-24-78-44-28-42-41(27-45(44)79(76,77)55(5,6)7)49(60-32-59-42)64-48-34(2)35(3)65-66-48/h10,13-14,17-18,25,27-30,32,36-37,39,43,47,56H,9,11-12,15-16,19-24,26,31H2,1-8H3,(H,61,73)(H,62,74)(H,63,72)(H2,59,60,64,65,66)/t36-,39-,43-,47?/m0/s1. The number of carbonyl (C=O) groups is 4. The predicted molar refractivity (Wildman–Crippen MR) is 299 cm³/mol. The molecule has 420 valence electrons. The largest absolute Gasteiger partial charge is 0.491 e. The van der Waals surface area contributed by atoms with Crippen molar-refractivity contribution in [2.45, 2.75) is 121 Å². The Labute approximate surface area is 460 Å². The molecule has 3 aliphatic rings. The Kier molecular flexibility index (Phi) is 16.9. The number of sulfone groups is 1. The summed E-state index contributed by atoms with van der Waals surface area (Å²) in [6, 6.07) is 11.4. The van der Waals surface area contributed by atoms with Crippen molar-refractivity contribution in [2.24, 2.45) is 5.92 Å². The van der Waals surface area contributed by atoms with Crippen molar-refractivity contribution >= 4 is 67.8 Å². The Balaban J connectivity index is 0.841. The maximum atomic E-state index is 14.9. The van der Waals surface area contributed by atoms with Crippen LogP contribution in [0.2, 0.25) is 0 Å². The van der Waals surface area contributed by atoms with Crippen LogP contribution in [0.1, 0.15) is 93.5 Å². The molecule has 4 aromatic heterocycles. The Morgan fingerprint density at radius 2 is 1.62 bits per heavy atom. The molecule has 2 aliphatic heterocycles. The fourth-order valence-electron chi connectivity index (χ4n) is 10.3. The van der Waals surface area contributed by atoms with Gasteiger partial charge in [-0.05, 0) is 98.9 Å². The third kappa shape index (κ3) is 12.5. The van der Waals surface area contributed by atoms with Gasteiger partial charge < -0.3 is 41.1 Å². The molecular weight excluding hydrogens is 1030 g/mol. The van der Waals surface area contributed by atoms with E-state index in [4.69, 9.17) is 4.74 Å². The molecule has 6 aromatic rings. The lowest BCUT2D eigenvalue weighted by molar-refractivity contribution is -0.142. The van der Waals surface area contributed by atoms with Crippen LogP contribution in [0.4, 0.5) is 23.4 Å². The highest BCUT2D eigenvalue weighted by atomic mass is 32.2. The number of hydrogen-bond donors (Lipinski definition) is 6. The molecule has 4 atom stereocenters. The average Bonchev–Trinajstić information content (AvgIpc) is 4.28. The van der Waals surface area contributed by atoms with Crippen LogP contribution < -0.4 is 36.2 Å². The van der Waals surface area contributed by atoms with Gasteiger partial charge in [-0.15, -0.1) is 0 Å². The van der Waals surface area contributed by atoms with Gasteiger partial charge in [0, 0.05) is 86.5 Å². The van der Waals surface area contributed by atoms with E-state index in [9.17, 15) is 27.6 Å². The highest BCUT2D eigenvalue weighted by molar-refractivity contribution is 7.92. The Morgan fingerprint density at radius 1 is 0.899 bits per heavy atom. The smallest absolute Gasteiger partial charge is 0.254 e. The number of nitrogens with zero attached hydrogens (tertiary/aromatic N) is 10. The molecular formula is C55H72N16O7S. The quantitative estimate of drug-likeness (QED) is 0.0675. The minimum Gasteiger partial charge on any atom is -0.491 e. The Morgan fingerprint density at radius 3 is 2.29 bits per heavy atom. The van der Waals surface area contributed by atoms with Gasteiger partial charge in [-0.1, -0.05) is 37.5 Å². The third-order valence-corrected chi connectivity index (χ3v) is 17.8. The van der Waals surface area contributed by atoms with Crippen molar-refractivity contribution in [3.63, 3.8) is 0 Å². The molecule has 1 saturated carbocycles. The lowest BCUT2D eigenvalue weighted by Gasteiger charge is -2.35. The summed E-state index contributed by atoms with van der Waals surface area (Å²) in [6.45, 7) is 15.6. The number of aromatic amines is 1. The van der Waals surface area contributed by atoms with Gasteiger partial charge in [-0.25, -0.2) is 33.0 Å². The SMILES string of the molecule is CN[C@@H](C)C(=O)NC(C(=O)N1C[C@@H](NC(=O)c2cnc(N3CCN(CCOc4cc5ncnc(Nc6n[nH]c(C)c6C)c5cc4S(=O)(=O)C(C)(C)C)CC3)nc2)C[C@H]1C(=O)Nc1cc(C)nn1-c1ccccc1)C1CCCCC1. The molecule has 2 saturated heterocycles. The molecule has 24 heteroatoms. The van der Waals surface area contributed by atoms with Crippen LogP contribution in [0.3, 0.4) is 0 Å². The Hall–Kier alpha value is -7.57. The van der Waals surface area contributed by atoms with E-state index in [2.05, 4.69) is 66.7 Å². The van der Waals surface area contributed by atoms with Crippen LogP contribution in [0.15, 0.2) is 72.1 Å². The summed E-state index contributed by atoms with van der Waals surface area (Å²) in [5.74, 6) is 0.397. The average molecular weight is 1100 g/mol. The molecule has 3 fully saturated rings. The number of carbonyl (C=O) groups excluding carboxylic acids is 4. The number of fused-ring (bicyclic) bond motifs is 1. The minimum atomic E-state index is -3.88. The summed E-state index contributed by atoms with van der Waals surface area (Å²) in [5, 5.41) is 27.7. The van der Waals surface area contributed by atoms with Crippen molar-refractivity contribution in [3.05, 3.63) is 89.8 Å². The maximum absolute atomic E-state index is 14.9. The molecule has 23 nitrogen and oxygen atoms in total. The predicted octanol–water partition coefficient (Wildman–Crippen LogP) is 4.78. The van der Waals surface area contributed by atoms with Gasteiger partial charge >= 0.3 is 0 Å². The molecule has 6 heterocycles. The molecule has 6 N–H and O–H groups in total. The number of aromatic nitrogens is 8. The second-order valence-electron chi connectivity index (χ2n) is 21.8. The molecule has 1 aliphatic carbocycles. The number of hydrogen-bond acceptors (Lipinski definition) is 17. The number of piperazine rings is 1. The van der Waals surface area contributed by atoms with E-state index >= 15 is 0 Å². The second kappa shape index (κ2) is 23.8. The zero-order valence-electron chi connectivity index (χ0n) is 46.2. The van der Waals surface area contributed by atoms with E-state index in [0.29, 0.717) is 72.7 Å². The second-order valence-corrected chi connectivity index (χ2v) is 24.4. The molecule has 9 rings (SSSR count). The molecule has 0 spiro atoms. The van der Waals surface area contributed by atoms with Crippen molar-refractivity contribution in [1.82, 2.24) is 65.7 Å². The van der Waals surface area contributed by atoms with Crippen LogP contribution in [0.25, 0.3) is 16.6 Å². The van der Waals surface area contributed by atoms with E-state index < -0.39 is 50.6 Å². The van der Waals surface area contributed by atoms with Gasteiger partial charge in [0.2, 0.25) is 23.7 Å². The number of ether oxygens (including phenoxy) is 1. The zero-order chi connectivity index (χ0) is 56.2. The van der Waals surface area contributed by atoms with Gasteiger partial charge in [0.05, 0.1) is 33.3 Å². The fraction of sp³-hybridized carbons (Fsp3) is 0.491. The van der Waals surface area contributed by atoms with E-state index in [1.807, 2.05) is 56.0 Å². The molecule has 79 heavy (non-hydrogen) atoms. The van der Waals surface area contributed by atoms with Crippen LogP contribution in [-0.2, 0) is 24.2 Å². The monoisotopic (exact) mass is 1100 g/mol. The summed E-state index contributed by atoms with van der Waals surface area (Å²) in [6.07, 6.45) is 8.91. The van der Waals surface area contributed by atoms with Crippen LogP contribution in [0, 0.1) is 26.7 Å². The third-order valence-electron chi connectivity index (χ3n) is 15.3. The number of amides is 4. The molecule has 0 radical (unpaired) electrons. The number of nitrogens with one attached hydrogen (secondary N) is 6. The lowest BCUT2D eigenvalue weighted by Crippen LogP contribution is -2.57. The number of para-hydroxylation sites is 1. The summed E-state index contributed by atoms with van der Waals surface area (Å²) >= 11 is 0.